The van der Waals surface area contributed by atoms with Crippen molar-refractivity contribution in [2.75, 3.05) is 4.72 Å². The van der Waals surface area contributed by atoms with E-state index in [1.54, 1.807) is 24.3 Å². The summed E-state index contributed by atoms with van der Waals surface area (Å²) in [5.74, 6) is 0. The Hall–Kier alpha value is -1.63. The second kappa shape index (κ2) is 5.56. The van der Waals surface area contributed by atoms with Gasteiger partial charge in [-0.15, -0.1) is 0 Å². The molecule has 100 valence electrons. The van der Waals surface area contributed by atoms with E-state index in [4.69, 9.17) is 16.7 Å². The normalized spacial score (nSPS) is 11.3. The van der Waals surface area contributed by atoms with Crippen molar-refractivity contribution < 1.29 is 13.5 Å². The first kappa shape index (κ1) is 13.8. The first-order valence-corrected chi connectivity index (χ1v) is 7.21. The van der Waals surface area contributed by atoms with Crippen LogP contribution in [0.3, 0.4) is 0 Å². The van der Waals surface area contributed by atoms with Gasteiger partial charge in [-0.2, -0.15) is 0 Å². The molecule has 2 N–H and O–H groups in total. The quantitative estimate of drug-likeness (QED) is 0.847. The number of aliphatic hydroxyl groups excluding tert-OH is 1. The summed E-state index contributed by atoms with van der Waals surface area (Å²) in [4.78, 5) is 3.77. The Kier molecular flexibility index (Phi) is 4.04. The Morgan fingerprint density at radius 3 is 2.47 bits per heavy atom. The maximum Gasteiger partial charge on any atom is 0.262 e. The first-order chi connectivity index (χ1) is 9.01. The lowest BCUT2D eigenvalue weighted by Gasteiger charge is -2.08. The molecule has 0 aliphatic rings. The fraction of sp³-hybridized carbons (Fsp3) is 0.0833. The van der Waals surface area contributed by atoms with Crippen LogP contribution in [0.5, 0.6) is 0 Å². The Morgan fingerprint density at radius 1 is 1.21 bits per heavy atom. The molecule has 19 heavy (non-hydrogen) atoms. The zero-order valence-corrected chi connectivity index (χ0v) is 11.3. The van der Waals surface area contributed by atoms with E-state index < -0.39 is 10.0 Å². The lowest BCUT2D eigenvalue weighted by atomic mass is 10.2. The third-order valence-electron chi connectivity index (χ3n) is 2.40. The van der Waals surface area contributed by atoms with Crippen molar-refractivity contribution >= 4 is 27.3 Å². The number of sulfonamides is 1. The van der Waals surface area contributed by atoms with Gasteiger partial charge in [0, 0.05) is 11.9 Å². The van der Waals surface area contributed by atoms with Crippen LogP contribution < -0.4 is 4.72 Å². The zero-order chi connectivity index (χ0) is 13.9. The van der Waals surface area contributed by atoms with E-state index in [2.05, 4.69) is 9.71 Å². The highest BCUT2D eigenvalue weighted by atomic mass is 35.5. The van der Waals surface area contributed by atoms with Gasteiger partial charge in [0.2, 0.25) is 0 Å². The number of aliphatic hydroxyl groups is 1. The highest BCUT2D eigenvalue weighted by molar-refractivity contribution is 7.92. The topological polar surface area (TPSA) is 79.3 Å². The van der Waals surface area contributed by atoms with E-state index in [-0.39, 0.29) is 16.7 Å². The Bertz CT molecular complexity index is 672. The summed E-state index contributed by atoms with van der Waals surface area (Å²) >= 11 is 5.66. The number of hydrogen-bond acceptors (Lipinski definition) is 4. The Balaban J connectivity index is 2.25. The van der Waals surface area contributed by atoms with Crippen molar-refractivity contribution in [3.8, 4) is 0 Å². The fourth-order valence-electron chi connectivity index (χ4n) is 1.44. The smallest absolute Gasteiger partial charge is 0.262 e. The van der Waals surface area contributed by atoms with Crippen molar-refractivity contribution in [2.24, 2.45) is 0 Å². The number of nitrogens with zero attached hydrogens (tertiary/aromatic N) is 1. The van der Waals surface area contributed by atoms with E-state index in [1.165, 1.54) is 18.3 Å². The van der Waals surface area contributed by atoms with E-state index >= 15 is 0 Å². The number of benzene rings is 1. The summed E-state index contributed by atoms with van der Waals surface area (Å²) in [5, 5.41) is 9.02. The predicted octanol–water partition coefficient (Wildman–Crippen LogP) is 2.03. The van der Waals surface area contributed by atoms with Gasteiger partial charge >= 0.3 is 0 Å². The summed E-state index contributed by atoms with van der Waals surface area (Å²) in [6.45, 7) is -0.0903. The minimum Gasteiger partial charge on any atom is -0.392 e. The number of pyridine rings is 1. The lowest BCUT2D eigenvalue weighted by molar-refractivity contribution is 0.282. The Morgan fingerprint density at radius 2 is 1.89 bits per heavy atom. The molecule has 0 amide bonds. The van der Waals surface area contributed by atoms with Crippen LogP contribution >= 0.6 is 11.6 Å². The molecule has 1 aromatic carbocycles. The van der Waals surface area contributed by atoms with Gasteiger partial charge in [-0.05, 0) is 29.8 Å². The van der Waals surface area contributed by atoms with Gasteiger partial charge in [0.05, 0.1) is 11.5 Å². The van der Waals surface area contributed by atoms with Gasteiger partial charge in [0.15, 0.2) is 0 Å². The van der Waals surface area contributed by atoms with Crippen molar-refractivity contribution in [1.82, 2.24) is 4.98 Å². The lowest BCUT2D eigenvalue weighted by Crippen LogP contribution is -2.13. The minimum atomic E-state index is -3.69. The van der Waals surface area contributed by atoms with Crippen LogP contribution in [0.1, 0.15) is 5.56 Å². The first-order valence-electron chi connectivity index (χ1n) is 5.35. The number of halogens is 1. The van der Waals surface area contributed by atoms with Gasteiger partial charge in [0.1, 0.15) is 5.15 Å². The van der Waals surface area contributed by atoms with Crippen LogP contribution in [0.4, 0.5) is 5.69 Å². The summed E-state index contributed by atoms with van der Waals surface area (Å²) in [5.41, 5.74) is 1.11. The minimum absolute atomic E-state index is 0.0405. The Labute approximate surface area is 115 Å². The van der Waals surface area contributed by atoms with Gasteiger partial charge in [-0.25, -0.2) is 13.4 Å². The molecule has 0 unspecified atom stereocenters. The van der Waals surface area contributed by atoms with Crippen LogP contribution in [-0.2, 0) is 16.6 Å². The van der Waals surface area contributed by atoms with Gasteiger partial charge in [0.25, 0.3) is 10.0 Å². The average Bonchev–Trinajstić information content (AvgIpc) is 2.39. The van der Waals surface area contributed by atoms with Gasteiger partial charge in [-0.1, -0.05) is 23.7 Å². The molecule has 1 heterocycles. The third-order valence-corrected chi connectivity index (χ3v) is 3.98. The fourth-order valence-corrected chi connectivity index (χ4v) is 2.75. The molecular weight excluding hydrogens is 288 g/mol. The monoisotopic (exact) mass is 298 g/mol. The maximum absolute atomic E-state index is 12.1. The number of nitrogens with one attached hydrogen (secondary N) is 1. The second-order valence-corrected chi connectivity index (χ2v) is 5.84. The van der Waals surface area contributed by atoms with Crippen molar-refractivity contribution in [1.29, 1.82) is 0 Å². The molecule has 7 heteroatoms. The van der Waals surface area contributed by atoms with Gasteiger partial charge < -0.3 is 5.11 Å². The summed E-state index contributed by atoms with van der Waals surface area (Å²) in [6, 6.07) is 9.05. The molecule has 0 bridgehead atoms. The highest BCUT2D eigenvalue weighted by Gasteiger charge is 2.14. The molecule has 1 aromatic heterocycles. The molecule has 5 nitrogen and oxygen atoms in total. The molecule has 0 aliphatic carbocycles. The zero-order valence-electron chi connectivity index (χ0n) is 9.75. The number of anilines is 1. The molecule has 0 saturated heterocycles. The van der Waals surface area contributed by atoms with Gasteiger partial charge in [-0.3, -0.25) is 4.72 Å². The summed E-state index contributed by atoms with van der Waals surface area (Å²) < 4.78 is 26.5. The summed E-state index contributed by atoms with van der Waals surface area (Å²) in [7, 11) is -3.69. The third kappa shape index (κ3) is 3.44. The van der Waals surface area contributed by atoms with Crippen LogP contribution in [0.25, 0.3) is 0 Å². The van der Waals surface area contributed by atoms with Crippen molar-refractivity contribution in [3.05, 3.63) is 53.3 Å². The largest absolute Gasteiger partial charge is 0.392 e. The van der Waals surface area contributed by atoms with Crippen LogP contribution in [0, 0.1) is 0 Å². The predicted molar refractivity (Wildman–Crippen MR) is 72.4 cm³/mol. The molecule has 0 radical (unpaired) electrons. The van der Waals surface area contributed by atoms with Crippen LogP contribution in [0.15, 0.2) is 47.5 Å². The van der Waals surface area contributed by atoms with Crippen molar-refractivity contribution in [2.45, 2.75) is 11.5 Å². The molecule has 0 atom stereocenters. The number of aromatic nitrogens is 1. The number of hydrogen-bond donors (Lipinski definition) is 2. The molecule has 2 aromatic rings. The molecule has 0 aliphatic heterocycles. The number of rotatable bonds is 4. The highest BCUT2D eigenvalue weighted by Crippen LogP contribution is 2.18. The SMILES string of the molecule is O=S(=O)(Nc1ccc(CO)cc1)c1ccnc(Cl)c1. The molecule has 0 saturated carbocycles. The second-order valence-electron chi connectivity index (χ2n) is 3.77. The molecule has 0 fully saturated rings. The van der Waals surface area contributed by atoms with Crippen LogP contribution in [-0.4, -0.2) is 18.5 Å². The maximum atomic E-state index is 12.1. The summed E-state index contributed by atoms with van der Waals surface area (Å²) in [6.07, 6.45) is 1.33. The van der Waals surface area contributed by atoms with Crippen molar-refractivity contribution in [3.63, 3.8) is 0 Å². The average molecular weight is 299 g/mol. The van der Waals surface area contributed by atoms with E-state index in [0.717, 1.165) is 0 Å². The standard InChI is InChI=1S/C12H11ClN2O3S/c13-12-7-11(5-6-14-12)19(17,18)15-10-3-1-9(8-16)2-4-10/h1-7,15-16H,8H2. The van der Waals surface area contributed by atoms with E-state index in [9.17, 15) is 8.42 Å². The molecular formula is C12H11ClN2O3S. The molecule has 0 spiro atoms. The van der Waals surface area contributed by atoms with E-state index in [0.29, 0.717) is 11.3 Å². The van der Waals surface area contributed by atoms with E-state index in [1.807, 2.05) is 0 Å². The molecule has 2 rings (SSSR count). The van der Waals surface area contributed by atoms with Crippen LogP contribution in [0.2, 0.25) is 5.15 Å².